The van der Waals surface area contributed by atoms with E-state index in [1.807, 2.05) is 18.2 Å². The van der Waals surface area contributed by atoms with Gasteiger partial charge in [0.15, 0.2) is 6.10 Å². The van der Waals surface area contributed by atoms with Gasteiger partial charge in [-0.25, -0.2) is 0 Å². The number of carbonyl (C=O) groups is 3. The van der Waals surface area contributed by atoms with Gasteiger partial charge >= 0.3 is 17.9 Å². The van der Waals surface area contributed by atoms with Crippen LogP contribution in [0.3, 0.4) is 0 Å². The number of ether oxygens (including phenoxy) is 3. The Bertz CT molecular complexity index is 1150. The van der Waals surface area contributed by atoms with E-state index in [2.05, 4.69) is 99.8 Å². The second-order valence-corrected chi connectivity index (χ2v) is 12.4. The zero-order chi connectivity index (χ0) is 38.0. The van der Waals surface area contributed by atoms with Crippen LogP contribution in [0, 0.1) is 0 Å². The third kappa shape index (κ3) is 37.3. The Morgan fingerprint density at radius 1 is 0.404 bits per heavy atom. The van der Waals surface area contributed by atoms with Gasteiger partial charge in [-0.3, -0.25) is 14.4 Å². The molecule has 0 amide bonds. The summed E-state index contributed by atoms with van der Waals surface area (Å²) in [6, 6.07) is 0. The molecule has 0 aliphatic carbocycles. The lowest BCUT2D eigenvalue weighted by Gasteiger charge is -2.17. The molecule has 6 nitrogen and oxygen atoms in total. The fraction of sp³-hybridized carbons (Fsp3) is 0.543. The highest BCUT2D eigenvalue weighted by atomic mass is 16.6. The van der Waals surface area contributed by atoms with Crippen molar-refractivity contribution in [3.63, 3.8) is 0 Å². The Hall–Kier alpha value is -3.93. The van der Waals surface area contributed by atoms with Crippen molar-refractivity contribution in [2.45, 2.75) is 149 Å². The third-order valence-corrected chi connectivity index (χ3v) is 7.57. The monoisotopic (exact) mass is 719 g/mol. The van der Waals surface area contributed by atoms with Crippen molar-refractivity contribution in [2.24, 2.45) is 0 Å². The quantitative estimate of drug-likeness (QED) is 0.0291. The Kier molecular flexibility index (Phi) is 36.8. The number of carbonyl (C=O) groups excluding carboxylic acids is 3. The largest absolute Gasteiger partial charge is 0.462 e. The molecule has 6 heteroatoms. The van der Waals surface area contributed by atoms with E-state index >= 15 is 0 Å². The summed E-state index contributed by atoms with van der Waals surface area (Å²) < 4.78 is 16.4. The van der Waals surface area contributed by atoms with Crippen LogP contribution in [0.4, 0.5) is 0 Å². The topological polar surface area (TPSA) is 78.9 Å². The normalized spacial score (nSPS) is 13.2. The highest BCUT2D eigenvalue weighted by Gasteiger charge is 2.19. The summed E-state index contributed by atoms with van der Waals surface area (Å²) in [6.45, 7) is 6.03. The Morgan fingerprint density at radius 2 is 0.769 bits per heavy atom. The van der Waals surface area contributed by atoms with E-state index in [1.165, 1.54) is 12.8 Å². The lowest BCUT2D eigenvalue weighted by molar-refractivity contribution is -0.166. The van der Waals surface area contributed by atoms with Crippen LogP contribution < -0.4 is 0 Å². The van der Waals surface area contributed by atoms with Crippen LogP contribution in [0.1, 0.15) is 143 Å². The van der Waals surface area contributed by atoms with Crippen LogP contribution in [0.5, 0.6) is 0 Å². The van der Waals surface area contributed by atoms with Gasteiger partial charge in [0.1, 0.15) is 13.2 Å². The van der Waals surface area contributed by atoms with Gasteiger partial charge in [-0.2, -0.15) is 0 Å². The van der Waals surface area contributed by atoms with Crippen molar-refractivity contribution in [2.75, 3.05) is 13.2 Å². The number of unbranched alkanes of at least 4 members (excludes halogenated alkanes) is 6. The van der Waals surface area contributed by atoms with E-state index in [0.29, 0.717) is 6.42 Å². The summed E-state index contributed by atoms with van der Waals surface area (Å²) in [5.74, 6) is -1.24. The van der Waals surface area contributed by atoms with Crippen molar-refractivity contribution in [3.05, 3.63) is 109 Å². The average molecular weight is 719 g/mol. The van der Waals surface area contributed by atoms with Crippen molar-refractivity contribution in [1.82, 2.24) is 0 Å². The fourth-order valence-corrected chi connectivity index (χ4v) is 4.69. The zero-order valence-electron chi connectivity index (χ0n) is 32.8. The van der Waals surface area contributed by atoms with Gasteiger partial charge in [0.05, 0.1) is 12.8 Å². The van der Waals surface area contributed by atoms with Crippen molar-refractivity contribution >= 4 is 17.9 Å². The molecule has 0 rings (SSSR count). The Balaban J connectivity index is 4.52. The first-order chi connectivity index (χ1) is 25.5. The standard InChI is InChI=1S/C46H70O6/c1-4-7-10-13-16-19-20-21-22-23-24-25-28-30-33-36-39-45(48)51-42-43(52-46(49)40-37-34-31-27-18-15-12-9-6-3)41-50-44(47)38-35-32-29-26-17-14-11-8-5-2/h7-12,16-19,21-22,26-27,32,34-35,37,43H,4-6,13-15,20,23-25,28-31,33,36,38-42H2,1-3H3/b10-7-,11-8-,12-9-,19-16-,22-21-,26-17-,27-18-,35-32-,37-34-. The molecular weight excluding hydrogens is 648 g/mol. The predicted molar refractivity (Wildman–Crippen MR) is 219 cm³/mol. The maximum absolute atomic E-state index is 12.5. The summed E-state index contributed by atoms with van der Waals surface area (Å²) in [4.78, 5) is 37.3. The molecule has 0 aliphatic rings. The van der Waals surface area contributed by atoms with E-state index in [0.717, 1.165) is 89.9 Å². The molecule has 0 aromatic rings. The van der Waals surface area contributed by atoms with Crippen molar-refractivity contribution < 1.29 is 28.6 Å². The van der Waals surface area contributed by atoms with Gasteiger partial charge < -0.3 is 14.2 Å². The van der Waals surface area contributed by atoms with Gasteiger partial charge in [-0.05, 0) is 77.0 Å². The number of rotatable bonds is 33. The molecule has 52 heavy (non-hydrogen) atoms. The third-order valence-electron chi connectivity index (χ3n) is 7.57. The molecule has 0 saturated heterocycles. The molecule has 1 atom stereocenters. The van der Waals surface area contributed by atoms with Crippen molar-refractivity contribution in [3.8, 4) is 0 Å². The predicted octanol–water partition coefficient (Wildman–Crippen LogP) is 12.5. The average Bonchev–Trinajstić information content (AvgIpc) is 3.14. The highest BCUT2D eigenvalue weighted by Crippen LogP contribution is 2.10. The van der Waals surface area contributed by atoms with Crippen LogP contribution >= 0.6 is 0 Å². The molecule has 0 aliphatic heterocycles. The molecule has 0 spiro atoms. The van der Waals surface area contributed by atoms with E-state index in [-0.39, 0.29) is 32.0 Å². The van der Waals surface area contributed by atoms with Crippen LogP contribution in [-0.4, -0.2) is 37.2 Å². The van der Waals surface area contributed by atoms with Gasteiger partial charge in [-0.15, -0.1) is 0 Å². The van der Waals surface area contributed by atoms with E-state index in [4.69, 9.17) is 14.2 Å². The second kappa shape index (κ2) is 39.8. The number of allylic oxidation sites excluding steroid dienone is 16. The first-order valence-electron chi connectivity index (χ1n) is 19.9. The first kappa shape index (κ1) is 48.1. The molecule has 0 heterocycles. The van der Waals surface area contributed by atoms with Gasteiger partial charge in [0, 0.05) is 6.42 Å². The summed E-state index contributed by atoms with van der Waals surface area (Å²) in [6.07, 6.45) is 52.9. The van der Waals surface area contributed by atoms with Crippen LogP contribution in [-0.2, 0) is 28.6 Å². The first-order valence-corrected chi connectivity index (χ1v) is 19.9. The maximum Gasteiger partial charge on any atom is 0.310 e. The summed E-state index contributed by atoms with van der Waals surface area (Å²) >= 11 is 0. The highest BCUT2D eigenvalue weighted by molar-refractivity contribution is 5.72. The zero-order valence-corrected chi connectivity index (χ0v) is 32.8. The molecular formula is C46H70O6. The molecule has 0 bridgehead atoms. The van der Waals surface area contributed by atoms with Crippen LogP contribution in [0.2, 0.25) is 0 Å². The maximum atomic E-state index is 12.5. The lowest BCUT2D eigenvalue weighted by Crippen LogP contribution is -2.30. The molecule has 0 aromatic heterocycles. The molecule has 290 valence electrons. The Labute approximate surface area is 317 Å². The molecule has 0 N–H and O–H groups in total. The number of hydrogen-bond acceptors (Lipinski definition) is 6. The van der Waals surface area contributed by atoms with Gasteiger partial charge in [0.25, 0.3) is 0 Å². The smallest absolute Gasteiger partial charge is 0.310 e. The summed E-state index contributed by atoms with van der Waals surface area (Å²) in [5.41, 5.74) is 0. The summed E-state index contributed by atoms with van der Waals surface area (Å²) in [5, 5.41) is 0. The number of hydrogen-bond donors (Lipinski definition) is 0. The number of esters is 3. The Morgan fingerprint density at radius 3 is 1.25 bits per heavy atom. The van der Waals surface area contributed by atoms with Gasteiger partial charge in [0.2, 0.25) is 0 Å². The van der Waals surface area contributed by atoms with Crippen molar-refractivity contribution in [1.29, 1.82) is 0 Å². The molecule has 0 aromatic carbocycles. The molecule has 0 radical (unpaired) electrons. The van der Waals surface area contributed by atoms with Gasteiger partial charge in [-0.1, -0.05) is 156 Å². The minimum Gasteiger partial charge on any atom is -0.462 e. The fourth-order valence-electron chi connectivity index (χ4n) is 4.69. The molecule has 1 unspecified atom stereocenters. The van der Waals surface area contributed by atoms with Crippen LogP contribution in [0.25, 0.3) is 0 Å². The SMILES string of the molecule is CC/C=C\C/C=C\C/C=C\CCCCCCCCC(=O)OCC(COC(=O)C/C=C\C/C=C\C/C=C\CC)OC(=O)C/C=C\C/C=C\C/C=C\CC. The van der Waals surface area contributed by atoms with E-state index in [1.54, 1.807) is 12.2 Å². The molecule has 0 saturated carbocycles. The van der Waals surface area contributed by atoms with E-state index < -0.39 is 18.0 Å². The lowest BCUT2D eigenvalue weighted by atomic mass is 10.1. The summed E-state index contributed by atoms with van der Waals surface area (Å²) in [7, 11) is 0. The minimum atomic E-state index is -0.866. The van der Waals surface area contributed by atoms with Crippen LogP contribution in [0.15, 0.2) is 109 Å². The minimum absolute atomic E-state index is 0.0806. The molecule has 0 fully saturated rings. The second-order valence-electron chi connectivity index (χ2n) is 12.4. The van der Waals surface area contributed by atoms with E-state index in [9.17, 15) is 14.4 Å².